The van der Waals surface area contributed by atoms with E-state index >= 15 is 0 Å². The second kappa shape index (κ2) is 6.94. The minimum absolute atomic E-state index is 0.0208. The molecule has 1 aromatic carbocycles. The molecule has 2 saturated heterocycles. The number of carbonyl (C=O) groups excluding carboxylic acids is 1. The molecule has 2 aliphatic rings. The van der Waals surface area contributed by atoms with Crippen molar-refractivity contribution in [3.05, 3.63) is 29.8 Å². The van der Waals surface area contributed by atoms with Gasteiger partial charge < -0.3 is 4.90 Å². The molecule has 2 heterocycles. The second-order valence-corrected chi connectivity index (χ2v) is 11.4. The molecule has 0 N–H and O–H groups in total. The van der Waals surface area contributed by atoms with E-state index in [-0.39, 0.29) is 22.3 Å². The summed E-state index contributed by atoms with van der Waals surface area (Å²) >= 11 is 0. The molecule has 0 bridgehead atoms. The summed E-state index contributed by atoms with van der Waals surface area (Å²) in [5.74, 6) is -0.517. The fourth-order valence-corrected chi connectivity index (χ4v) is 8.53. The van der Waals surface area contributed by atoms with Gasteiger partial charge in [-0.15, -0.1) is 0 Å². The smallest absolute Gasteiger partial charge is 0.219 e. The Morgan fingerprint density at radius 2 is 1.62 bits per heavy atom. The number of hydrogen-bond donors (Lipinski definition) is 0. The highest BCUT2D eigenvalue weighted by Gasteiger charge is 2.48. The first-order valence-electron chi connectivity index (χ1n) is 8.61. The van der Waals surface area contributed by atoms with E-state index in [1.807, 2.05) is 11.8 Å². The Balaban J connectivity index is 1.87. The molecule has 0 radical (unpaired) electrons. The third-order valence-electron chi connectivity index (χ3n) is 5.25. The van der Waals surface area contributed by atoms with Crippen molar-refractivity contribution in [3.8, 4) is 0 Å². The van der Waals surface area contributed by atoms with E-state index in [9.17, 15) is 21.6 Å². The van der Waals surface area contributed by atoms with Crippen molar-refractivity contribution < 1.29 is 21.6 Å². The van der Waals surface area contributed by atoms with Crippen LogP contribution in [-0.2, 0) is 24.5 Å². The summed E-state index contributed by atoms with van der Waals surface area (Å²) in [5.41, 5.74) is 0.944. The lowest BCUT2D eigenvalue weighted by molar-refractivity contribution is -0.130. The molecule has 7 nitrogen and oxygen atoms in total. The first-order chi connectivity index (χ1) is 12.1. The van der Waals surface area contributed by atoms with E-state index in [4.69, 9.17) is 0 Å². The van der Waals surface area contributed by atoms with Crippen molar-refractivity contribution in [2.24, 2.45) is 0 Å². The van der Waals surface area contributed by atoms with Gasteiger partial charge in [0.1, 0.15) is 0 Å². The van der Waals surface area contributed by atoms with E-state index in [1.165, 1.54) is 6.92 Å². The summed E-state index contributed by atoms with van der Waals surface area (Å²) in [6.45, 7) is 5.32. The molecular weight excluding hydrogens is 376 g/mol. The van der Waals surface area contributed by atoms with E-state index in [0.29, 0.717) is 26.2 Å². The molecular formula is C17H24N2O5S2. The van der Waals surface area contributed by atoms with E-state index in [2.05, 4.69) is 0 Å². The summed E-state index contributed by atoms with van der Waals surface area (Å²) in [7, 11) is -7.18. The zero-order valence-electron chi connectivity index (χ0n) is 15.0. The molecule has 0 aliphatic carbocycles. The molecule has 1 amide bonds. The molecule has 2 fully saturated rings. The Hall–Kier alpha value is -1.45. The number of nitrogens with zero attached hydrogens (tertiary/aromatic N) is 2. The summed E-state index contributed by atoms with van der Waals surface area (Å²) in [4.78, 5) is 15.3. The van der Waals surface area contributed by atoms with Gasteiger partial charge in [0, 0.05) is 39.1 Å². The van der Waals surface area contributed by atoms with Crippen molar-refractivity contribution in [1.29, 1.82) is 0 Å². The Kier molecular flexibility index (Phi) is 5.15. The average Bonchev–Trinajstić information content (AvgIpc) is 2.92. The molecule has 26 heavy (non-hydrogen) atoms. The maximum Gasteiger partial charge on any atom is 0.219 e. The molecule has 2 atom stereocenters. The zero-order valence-corrected chi connectivity index (χ0v) is 16.6. The van der Waals surface area contributed by atoms with Crippen molar-refractivity contribution in [2.45, 2.75) is 30.0 Å². The molecule has 0 spiro atoms. The third-order valence-corrected chi connectivity index (χ3v) is 9.38. The summed E-state index contributed by atoms with van der Waals surface area (Å²) < 4.78 is 50.7. The van der Waals surface area contributed by atoms with Crippen LogP contribution < -0.4 is 0 Å². The van der Waals surface area contributed by atoms with E-state index < -0.39 is 31.0 Å². The standard InChI is InChI=1S/C17H24N2O5S2/c1-13-3-5-15(6-4-13)26(23,24)17-12-25(21,22)11-16(17)19-9-7-18(8-10-19)14(2)20/h3-6,16-17H,7-12H2,1-2H3/t16-,17-/m0/s1. The van der Waals surface area contributed by atoms with Crippen LogP contribution in [0.1, 0.15) is 12.5 Å². The molecule has 3 rings (SSSR count). The maximum atomic E-state index is 13.1. The summed E-state index contributed by atoms with van der Waals surface area (Å²) in [6.07, 6.45) is 0. The lowest BCUT2D eigenvalue weighted by Crippen LogP contribution is -2.55. The van der Waals surface area contributed by atoms with Crippen molar-refractivity contribution >= 4 is 25.6 Å². The quantitative estimate of drug-likeness (QED) is 0.715. The van der Waals surface area contributed by atoms with Crippen LogP contribution in [0.4, 0.5) is 0 Å². The number of piperazine rings is 1. The number of amides is 1. The van der Waals surface area contributed by atoms with Gasteiger partial charge in [-0.3, -0.25) is 9.69 Å². The lowest BCUT2D eigenvalue weighted by atomic mass is 10.2. The van der Waals surface area contributed by atoms with Gasteiger partial charge in [0.05, 0.1) is 21.7 Å². The SMILES string of the molecule is CC(=O)N1CCN([C@H]2CS(=O)(=O)C[C@@H]2S(=O)(=O)c2ccc(C)cc2)CC1. The summed E-state index contributed by atoms with van der Waals surface area (Å²) in [6, 6.07) is 5.95. The minimum Gasteiger partial charge on any atom is -0.340 e. The van der Waals surface area contributed by atoms with Gasteiger partial charge in [0.25, 0.3) is 0 Å². The normalized spacial score (nSPS) is 26.8. The molecule has 0 saturated carbocycles. The monoisotopic (exact) mass is 400 g/mol. The highest BCUT2D eigenvalue weighted by atomic mass is 32.2. The molecule has 2 aliphatic heterocycles. The highest BCUT2D eigenvalue weighted by Crippen LogP contribution is 2.29. The van der Waals surface area contributed by atoms with Crippen LogP contribution in [0.5, 0.6) is 0 Å². The van der Waals surface area contributed by atoms with Crippen LogP contribution in [0.25, 0.3) is 0 Å². The van der Waals surface area contributed by atoms with Crippen LogP contribution >= 0.6 is 0 Å². The van der Waals surface area contributed by atoms with Gasteiger partial charge in [-0.25, -0.2) is 16.8 Å². The minimum atomic E-state index is -3.76. The van der Waals surface area contributed by atoms with Crippen molar-refractivity contribution in [1.82, 2.24) is 9.80 Å². The Morgan fingerprint density at radius 1 is 1.04 bits per heavy atom. The molecule has 0 unspecified atom stereocenters. The molecule has 0 aromatic heterocycles. The zero-order chi connectivity index (χ0) is 19.1. The maximum absolute atomic E-state index is 13.1. The fourth-order valence-electron chi connectivity index (χ4n) is 3.71. The third kappa shape index (κ3) is 3.79. The van der Waals surface area contributed by atoms with Crippen LogP contribution in [0, 0.1) is 6.92 Å². The van der Waals surface area contributed by atoms with Gasteiger partial charge in [0.2, 0.25) is 5.91 Å². The predicted octanol–water partition coefficient (Wildman–Crippen LogP) is 0.0984. The Bertz CT molecular complexity index is 886. The highest BCUT2D eigenvalue weighted by molar-refractivity contribution is 7.96. The first kappa shape index (κ1) is 19.3. The van der Waals surface area contributed by atoms with Crippen LogP contribution in [0.15, 0.2) is 29.2 Å². The van der Waals surface area contributed by atoms with Crippen LogP contribution in [0.2, 0.25) is 0 Å². The fraction of sp³-hybridized carbons (Fsp3) is 0.588. The van der Waals surface area contributed by atoms with Gasteiger partial charge in [0.15, 0.2) is 19.7 Å². The number of carbonyl (C=O) groups is 1. The Labute approximate surface area is 154 Å². The molecule has 9 heteroatoms. The van der Waals surface area contributed by atoms with Gasteiger partial charge in [-0.05, 0) is 19.1 Å². The largest absolute Gasteiger partial charge is 0.340 e. The van der Waals surface area contributed by atoms with Crippen molar-refractivity contribution in [3.63, 3.8) is 0 Å². The number of aryl methyl sites for hydroxylation is 1. The number of hydrogen-bond acceptors (Lipinski definition) is 6. The van der Waals surface area contributed by atoms with E-state index in [0.717, 1.165) is 5.56 Å². The first-order valence-corrected chi connectivity index (χ1v) is 12.0. The lowest BCUT2D eigenvalue weighted by Gasteiger charge is -2.39. The van der Waals surface area contributed by atoms with Crippen LogP contribution in [-0.4, -0.2) is 81.5 Å². The van der Waals surface area contributed by atoms with Crippen LogP contribution in [0.3, 0.4) is 0 Å². The number of rotatable bonds is 3. The average molecular weight is 401 g/mol. The van der Waals surface area contributed by atoms with Gasteiger partial charge >= 0.3 is 0 Å². The second-order valence-electron chi connectivity index (χ2n) is 7.08. The molecule has 1 aromatic rings. The topological polar surface area (TPSA) is 91.8 Å². The van der Waals surface area contributed by atoms with Crippen molar-refractivity contribution in [2.75, 3.05) is 37.7 Å². The molecule has 144 valence electrons. The number of benzene rings is 1. The van der Waals surface area contributed by atoms with Gasteiger partial charge in [-0.2, -0.15) is 0 Å². The predicted molar refractivity (Wildman–Crippen MR) is 98.4 cm³/mol. The van der Waals surface area contributed by atoms with Gasteiger partial charge in [-0.1, -0.05) is 17.7 Å². The Morgan fingerprint density at radius 3 is 2.15 bits per heavy atom. The number of sulfone groups is 2. The summed E-state index contributed by atoms with van der Waals surface area (Å²) in [5, 5.41) is -0.973. The van der Waals surface area contributed by atoms with E-state index in [1.54, 1.807) is 29.2 Å².